The van der Waals surface area contributed by atoms with Crippen molar-refractivity contribution < 1.29 is 5.11 Å². The Labute approximate surface area is 82.0 Å². The van der Waals surface area contributed by atoms with Crippen molar-refractivity contribution in [2.45, 2.75) is 51.7 Å². The highest BCUT2D eigenvalue weighted by Gasteiger charge is 2.27. The minimum absolute atomic E-state index is 0.0196. The summed E-state index contributed by atoms with van der Waals surface area (Å²) in [5.41, 5.74) is 0.339. The van der Waals surface area contributed by atoms with Gasteiger partial charge in [0.2, 0.25) is 0 Å². The molecule has 2 heteroatoms. The maximum Gasteiger partial charge on any atom is 0.0444 e. The molecule has 0 fully saturated rings. The molecule has 12 heavy (non-hydrogen) atoms. The van der Waals surface area contributed by atoms with Crippen molar-refractivity contribution >= 4 is 12.6 Å². The van der Waals surface area contributed by atoms with Gasteiger partial charge in [0.25, 0.3) is 0 Å². The SMILES string of the molecule is CCC(C)(C)CC(C)(S)CCO. The molecule has 0 rings (SSSR count). The average molecular weight is 190 g/mol. The number of hydrogen-bond donors (Lipinski definition) is 2. The van der Waals surface area contributed by atoms with Gasteiger partial charge in [-0.05, 0) is 18.3 Å². The third kappa shape index (κ3) is 5.04. The third-order valence-corrected chi connectivity index (χ3v) is 2.85. The van der Waals surface area contributed by atoms with Crippen LogP contribution in [0.25, 0.3) is 0 Å². The van der Waals surface area contributed by atoms with Crippen molar-refractivity contribution in [1.29, 1.82) is 0 Å². The molecule has 0 aromatic heterocycles. The van der Waals surface area contributed by atoms with Crippen LogP contribution < -0.4 is 0 Å². The van der Waals surface area contributed by atoms with Gasteiger partial charge < -0.3 is 5.11 Å². The molecule has 0 radical (unpaired) electrons. The van der Waals surface area contributed by atoms with Gasteiger partial charge in [-0.25, -0.2) is 0 Å². The minimum atomic E-state index is -0.0196. The molecular formula is C10H22OS. The van der Waals surface area contributed by atoms with E-state index in [9.17, 15) is 0 Å². The van der Waals surface area contributed by atoms with Gasteiger partial charge in [-0.1, -0.05) is 34.1 Å². The van der Waals surface area contributed by atoms with Gasteiger partial charge >= 0.3 is 0 Å². The molecule has 1 atom stereocenters. The van der Waals surface area contributed by atoms with Gasteiger partial charge in [0.05, 0.1) is 0 Å². The maximum absolute atomic E-state index is 8.82. The normalized spacial score (nSPS) is 17.5. The lowest BCUT2D eigenvalue weighted by atomic mass is 9.80. The molecule has 1 unspecified atom stereocenters. The Kier molecular flexibility index (Phi) is 4.64. The third-order valence-electron chi connectivity index (χ3n) is 2.47. The minimum Gasteiger partial charge on any atom is -0.396 e. The summed E-state index contributed by atoms with van der Waals surface area (Å²) in [6, 6.07) is 0. The highest BCUT2D eigenvalue weighted by atomic mass is 32.1. The fraction of sp³-hybridized carbons (Fsp3) is 1.00. The van der Waals surface area contributed by atoms with Crippen LogP contribution in [0.4, 0.5) is 0 Å². The summed E-state index contributed by atoms with van der Waals surface area (Å²) < 4.78 is -0.0196. The first-order chi connectivity index (χ1) is 5.33. The largest absolute Gasteiger partial charge is 0.396 e. The summed E-state index contributed by atoms with van der Waals surface area (Å²) in [5, 5.41) is 8.82. The fourth-order valence-electron chi connectivity index (χ4n) is 1.49. The lowest BCUT2D eigenvalue weighted by Gasteiger charge is -2.33. The van der Waals surface area contributed by atoms with Crippen molar-refractivity contribution in [3.8, 4) is 0 Å². The first kappa shape index (κ1) is 12.3. The van der Waals surface area contributed by atoms with Gasteiger partial charge in [-0.2, -0.15) is 12.6 Å². The molecule has 0 saturated heterocycles. The molecule has 0 aromatic carbocycles. The number of aliphatic hydroxyl groups excluding tert-OH is 1. The van der Waals surface area contributed by atoms with Crippen LogP contribution in [0.3, 0.4) is 0 Å². The first-order valence-corrected chi connectivity index (χ1v) is 5.11. The van der Waals surface area contributed by atoms with Gasteiger partial charge in [-0.15, -0.1) is 0 Å². The fourth-order valence-corrected chi connectivity index (χ4v) is 2.01. The van der Waals surface area contributed by atoms with Crippen LogP contribution in [0.1, 0.15) is 47.0 Å². The summed E-state index contributed by atoms with van der Waals surface area (Å²) >= 11 is 4.55. The van der Waals surface area contributed by atoms with E-state index in [0.29, 0.717) is 5.41 Å². The van der Waals surface area contributed by atoms with E-state index >= 15 is 0 Å². The Hall–Kier alpha value is 0.310. The zero-order valence-corrected chi connectivity index (χ0v) is 9.62. The zero-order valence-electron chi connectivity index (χ0n) is 8.72. The summed E-state index contributed by atoms with van der Waals surface area (Å²) in [5.74, 6) is 0. The van der Waals surface area contributed by atoms with Crippen molar-refractivity contribution in [1.82, 2.24) is 0 Å². The van der Waals surface area contributed by atoms with E-state index in [4.69, 9.17) is 5.11 Å². The highest BCUT2D eigenvalue weighted by Crippen LogP contribution is 2.36. The lowest BCUT2D eigenvalue weighted by Crippen LogP contribution is -2.27. The molecule has 0 saturated carbocycles. The molecule has 0 aliphatic heterocycles. The molecule has 0 aliphatic rings. The summed E-state index contributed by atoms with van der Waals surface area (Å²) in [6.07, 6.45) is 2.99. The average Bonchev–Trinajstić information content (AvgIpc) is 1.85. The van der Waals surface area contributed by atoms with E-state index in [1.807, 2.05) is 0 Å². The number of rotatable bonds is 5. The second kappa shape index (κ2) is 4.52. The molecule has 0 bridgehead atoms. The standard InChI is InChI=1S/C10H22OS/c1-5-9(2,3)8-10(4,12)6-7-11/h11-12H,5-8H2,1-4H3. The molecule has 0 spiro atoms. The smallest absolute Gasteiger partial charge is 0.0444 e. The molecule has 0 aliphatic carbocycles. The van der Waals surface area contributed by atoms with Crippen LogP contribution in [0.5, 0.6) is 0 Å². The van der Waals surface area contributed by atoms with Crippen LogP contribution in [-0.2, 0) is 0 Å². The lowest BCUT2D eigenvalue weighted by molar-refractivity contribution is 0.230. The molecule has 1 N–H and O–H groups in total. The van der Waals surface area contributed by atoms with Gasteiger partial charge in [-0.3, -0.25) is 0 Å². The molecule has 1 nitrogen and oxygen atoms in total. The quantitative estimate of drug-likeness (QED) is 0.639. The Balaban J connectivity index is 4.04. The van der Waals surface area contributed by atoms with E-state index in [1.54, 1.807) is 0 Å². The van der Waals surface area contributed by atoms with Crippen molar-refractivity contribution in [2.75, 3.05) is 6.61 Å². The molecule has 0 amide bonds. The Morgan fingerprint density at radius 2 is 1.75 bits per heavy atom. The van der Waals surface area contributed by atoms with E-state index in [-0.39, 0.29) is 11.4 Å². The Morgan fingerprint density at radius 1 is 1.25 bits per heavy atom. The Bertz CT molecular complexity index is 130. The predicted octanol–water partition coefficient (Wildman–Crippen LogP) is 2.88. The van der Waals surface area contributed by atoms with Crippen LogP contribution in [-0.4, -0.2) is 16.5 Å². The van der Waals surface area contributed by atoms with Crippen LogP contribution in [0.15, 0.2) is 0 Å². The molecule has 0 heterocycles. The number of hydrogen-bond acceptors (Lipinski definition) is 2. The van der Waals surface area contributed by atoms with Crippen LogP contribution >= 0.6 is 12.6 Å². The first-order valence-electron chi connectivity index (χ1n) is 4.66. The number of thiol groups is 1. The summed E-state index contributed by atoms with van der Waals surface area (Å²) in [4.78, 5) is 0. The maximum atomic E-state index is 8.82. The molecular weight excluding hydrogens is 168 g/mol. The van der Waals surface area contributed by atoms with Gasteiger partial charge in [0, 0.05) is 11.4 Å². The monoisotopic (exact) mass is 190 g/mol. The molecule has 0 aromatic rings. The van der Waals surface area contributed by atoms with Crippen LogP contribution in [0, 0.1) is 5.41 Å². The van der Waals surface area contributed by atoms with Crippen molar-refractivity contribution in [2.24, 2.45) is 5.41 Å². The van der Waals surface area contributed by atoms with Gasteiger partial charge in [0.15, 0.2) is 0 Å². The van der Waals surface area contributed by atoms with Gasteiger partial charge in [0.1, 0.15) is 0 Å². The van der Waals surface area contributed by atoms with Crippen LogP contribution in [0.2, 0.25) is 0 Å². The highest BCUT2D eigenvalue weighted by molar-refractivity contribution is 7.81. The second-order valence-corrected chi connectivity index (χ2v) is 5.74. The van der Waals surface area contributed by atoms with Crippen molar-refractivity contribution in [3.05, 3.63) is 0 Å². The Morgan fingerprint density at radius 3 is 2.08 bits per heavy atom. The summed E-state index contributed by atoms with van der Waals surface area (Å²) in [6.45, 7) is 9.03. The van der Waals surface area contributed by atoms with E-state index in [0.717, 1.165) is 19.3 Å². The van der Waals surface area contributed by atoms with Crippen molar-refractivity contribution in [3.63, 3.8) is 0 Å². The van der Waals surface area contributed by atoms with E-state index < -0.39 is 0 Å². The molecule has 74 valence electrons. The van der Waals surface area contributed by atoms with E-state index in [1.165, 1.54) is 0 Å². The second-order valence-electron chi connectivity index (χ2n) is 4.67. The van der Waals surface area contributed by atoms with E-state index in [2.05, 4.69) is 40.3 Å². The topological polar surface area (TPSA) is 20.2 Å². The number of aliphatic hydroxyl groups is 1. The summed E-state index contributed by atoms with van der Waals surface area (Å²) in [7, 11) is 0. The predicted molar refractivity (Wildman–Crippen MR) is 57.8 cm³/mol. The zero-order chi connectivity index (χ0) is 9.83.